The zero-order chi connectivity index (χ0) is 65.8. The molecule has 1 saturated heterocycles. The van der Waals surface area contributed by atoms with E-state index in [0.29, 0.717) is 71.2 Å². The fraction of sp³-hybridized carbons (Fsp3) is 0.279. The average molecular weight is 1340 g/mol. The summed E-state index contributed by atoms with van der Waals surface area (Å²) in [6, 6.07) is 52.5. The summed E-state index contributed by atoms with van der Waals surface area (Å²) in [5, 5.41) is 31.6. The minimum absolute atomic E-state index is 0. The van der Waals surface area contributed by atoms with Gasteiger partial charge in [0.1, 0.15) is 0 Å². The van der Waals surface area contributed by atoms with Gasteiger partial charge in [0.2, 0.25) is 0 Å². The second-order valence-corrected chi connectivity index (χ2v) is 22.3. The van der Waals surface area contributed by atoms with E-state index in [1.54, 1.807) is 72.8 Å². The third-order valence-electron chi connectivity index (χ3n) is 14.5. The number of nitrogens with one attached hydrogen (secondary N) is 2. The molecule has 0 radical (unpaired) electrons. The predicted octanol–water partition coefficient (Wildman–Crippen LogP) is 5.95. The number of nitrogens with zero attached hydrogens (tertiary/aromatic N) is 5. The molecule has 7 aromatic rings. The molecule has 8 amide bonds. The molecule has 7 aromatic carbocycles. The van der Waals surface area contributed by atoms with E-state index in [9.17, 15) is 43.8 Å². The molecule has 3 atom stereocenters. The third-order valence-corrected chi connectivity index (χ3v) is 15.3. The van der Waals surface area contributed by atoms with Crippen molar-refractivity contribution in [3.63, 3.8) is 0 Å². The van der Waals surface area contributed by atoms with E-state index in [1.165, 1.54) is 21.6 Å². The minimum atomic E-state index is -0.794. The number of benzene rings is 7. The predicted molar refractivity (Wildman–Crippen MR) is 354 cm³/mol. The molecular formula is C68H76Cl3KN10O10. The van der Waals surface area contributed by atoms with Crippen molar-refractivity contribution in [1.82, 2.24) is 24.9 Å². The van der Waals surface area contributed by atoms with Crippen LogP contribution in [0.2, 0.25) is 15.1 Å². The molecule has 0 bridgehead atoms. The summed E-state index contributed by atoms with van der Waals surface area (Å²) in [5.41, 5.74) is 12.4. The maximum Gasteiger partial charge on any atom is 1.00 e. The standard InChI is InChI=1S/C21H23ClN2O3.C20H26ClN3O2.C11H9NO3.C8H10ClN.C8H5NO2.K.H4N2/c1-2-23(12-11-15-7-9-16(22)10-8-15)13-17(25)14-24-20(26)18-5-3-4-6-19(18)21(24)27;1-2-24(13-12-16-8-10-17(21)11-9-16)15-19(25)14-22-20(26)23-18-6-4-3-5-7-18;13-10-8-3-1-2-4-9(8)11(14)12(10)5-7-6-15-7;9-8-3-1-7(2-4-8)5-6-10;10-7-5-3-1-2-4-6(5)8(11)9-7;;1-2/h3-10,17,25H,2,11-14H2,1H3;3-11,19,25H,2,12-15H2,1H3,(H2,22,23,26);1-4,7H,5-6H2;1-4H,5-6,10H2;1-4H,(H,9,10,11);;1-2H2/q;;;;;+1;/p-1. The maximum atomic E-state index is 12.4. The first-order chi connectivity index (χ1) is 43.9. The molecule has 10 N–H and O–H groups in total. The Labute approximate surface area is 594 Å². The first-order valence-corrected chi connectivity index (χ1v) is 30.7. The number of carbonyl (C=O) groups is 7. The Bertz CT molecular complexity index is 3420. The van der Waals surface area contributed by atoms with Crippen LogP contribution in [0.1, 0.15) is 92.7 Å². The van der Waals surface area contributed by atoms with Crippen LogP contribution in [0.25, 0.3) is 5.32 Å². The Hall–Kier alpha value is -6.58. The molecule has 1 fully saturated rings. The van der Waals surface area contributed by atoms with Crippen molar-refractivity contribution in [2.45, 2.75) is 51.4 Å². The minimum Gasteiger partial charge on any atom is -0.587 e. The van der Waals surface area contributed by atoms with Gasteiger partial charge in [-0.1, -0.05) is 152 Å². The van der Waals surface area contributed by atoms with Gasteiger partial charge in [-0.3, -0.25) is 40.7 Å². The SMILES string of the molecule is CCN(CCc1ccc(Cl)cc1)CC(O)CN1C(=O)c2ccccc2C1=O.CCN(CCc1ccc(Cl)cc1)CC(O)CNC(=O)Nc1ccccc1.NCCc1ccc(Cl)cc1.NN.O=C1[N-]C(=O)c2ccccc21.O=C1c2ccccc2C(=O)N1CC1CO1.[K+]. The fourth-order valence-electron chi connectivity index (χ4n) is 9.54. The largest absolute Gasteiger partial charge is 1.00 e. The molecule has 3 unspecified atom stereocenters. The van der Waals surface area contributed by atoms with Gasteiger partial charge in [0.25, 0.3) is 23.6 Å². The number of ether oxygens (including phenoxy) is 1. The number of urea groups is 1. The number of rotatable bonds is 21. The molecule has 4 aliphatic heterocycles. The Morgan fingerprint density at radius 1 is 0.554 bits per heavy atom. The second kappa shape index (κ2) is 39.8. The smallest absolute Gasteiger partial charge is 0.587 e. The zero-order valence-corrected chi connectivity index (χ0v) is 57.0. The number of nitrogens with two attached hydrogens (primary N) is 3. The zero-order valence-electron chi connectivity index (χ0n) is 51.6. The van der Waals surface area contributed by atoms with Crippen molar-refractivity contribution >= 4 is 82.0 Å². The van der Waals surface area contributed by atoms with Crippen molar-refractivity contribution in [1.29, 1.82) is 0 Å². The van der Waals surface area contributed by atoms with Crippen LogP contribution in [0.5, 0.6) is 0 Å². The van der Waals surface area contributed by atoms with E-state index in [0.717, 1.165) is 66.1 Å². The van der Waals surface area contributed by atoms with E-state index in [4.69, 9.17) is 45.3 Å². The van der Waals surface area contributed by atoms with Crippen LogP contribution in [-0.4, -0.2) is 162 Å². The van der Waals surface area contributed by atoms with Crippen LogP contribution in [-0.2, 0) is 24.0 Å². The Kier molecular flexibility index (Phi) is 33.0. The molecule has 0 aliphatic carbocycles. The molecule has 0 spiro atoms. The average Bonchev–Trinajstić information content (AvgIpc) is 1.66. The number of anilines is 1. The summed E-state index contributed by atoms with van der Waals surface area (Å²) in [7, 11) is 0. The number of aliphatic hydroxyl groups excluding tert-OH is 2. The van der Waals surface area contributed by atoms with Gasteiger partial charge in [-0.25, -0.2) is 4.79 Å². The number of imide groups is 3. The number of carbonyl (C=O) groups excluding carboxylic acids is 7. The number of epoxide rings is 1. The molecule has 24 heteroatoms. The van der Waals surface area contributed by atoms with Gasteiger partial charge in [0.05, 0.1) is 72.1 Å². The molecule has 480 valence electrons. The van der Waals surface area contributed by atoms with Crippen molar-refractivity contribution < 1.29 is 99.9 Å². The van der Waals surface area contributed by atoms with Gasteiger partial charge in [-0.05, 0) is 128 Å². The number of fused-ring (bicyclic) bond motifs is 3. The molecule has 92 heavy (non-hydrogen) atoms. The number of amides is 8. The number of likely N-dealkylation sites (N-methyl/N-ethyl adjacent to an activating group) is 2. The molecule has 0 saturated carbocycles. The number of para-hydroxylation sites is 1. The van der Waals surface area contributed by atoms with E-state index >= 15 is 0 Å². The van der Waals surface area contributed by atoms with E-state index < -0.39 is 24.0 Å². The fourth-order valence-corrected chi connectivity index (χ4v) is 9.92. The van der Waals surface area contributed by atoms with Crippen LogP contribution in [0.3, 0.4) is 0 Å². The summed E-state index contributed by atoms with van der Waals surface area (Å²) in [4.78, 5) is 88.8. The number of hydrazine groups is 1. The molecular weight excluding hydrogens is 1260 g/mol. The van der Waals surface area contributed by atoms with E-state index in [-0.39, 0.29) is 100 Å². The van der Waals surface area contributed by atoms with Gasteiger partial charge in [0.15, 0.2) is 0 Å². The number of hydrogen-bond donors (Lipinski definition) is 7. The summed E-state index contributed by atoms with van der Waals surface area (Å²) < 4.78 is 5.02. The number of halogens is 3. The summed E-state index contributed by atoms with van der Waals surface area (Å²) in [5.74, 6) is 6.08. The Morgan fingerprint density at radius 3 is 1.29 bits per heavy atom. The van der Waals surface area contributed by atoms with Gasteiger partial charge >= 0.3 is 57.4 Å². The Morgan fingerprint density at radius 2 is 0.913 bits per heavy atom. The van der Waals surface area contributed by atoms with Gasteiger partial charge < -0.3 is 56.0 Å². The van der Waals surface area contributed by atoms with Crippen LogP contribution in [0, 0.1) is 0 Å². The summed E-state index contributed by atoms with van der Waals surface area (Å²) >= 11 is 17.5. The molecule has 0 aromatic heterocycles. The van der Waals surface area contributed by atoms with Crippen LogP contribution in [0.4, 0.5) is 10.5 Å². The Balaban J connectivity index is 0.000000217. The van der Waals surface area contributed by atoms with Crippen molar-refractivity contribution in [3.8, 4) is 0 Å². The van der Waals surface area contributed by atoms with Crippen molar-refractivity contribution in [3.05, 3.63) is 246 Å². The summed E-state index contributed by atoms with van der Waals surface area (Å²) in [6.45, 7) is 10.1. The van der Waals surface area contributed by atoms with Crippen LogP contribution < -0.4 is 79.4 Å². The first-order valence-electron chi connectivity index (χ1n) is 29.5. The monoisotopic (exact) mass is 1340 g/mol. The molecule has 4 heterocycles. The second-order valence-electron chi connectivity index (χ2n) is 21.0. The van der Waals surface area contributed by atoms with E-state index in [1.807, 2.05) is 110 Å². The molecule has 4 aliphatic rings. The topological polar surface area (TPSA) is 302 Å². The quantitative estimate of drug-likeness (QED) is 0.0144. The summed E-state index contributed by atoms with van der Waals surface area (Å²) in [6.07, 6.45) is 1.29. The van der Waals surface area contributed by atoms with Crippen LogP contribution in [0.15, 0.2) is 176 Å². The third kappa shape index (κ3) is 24.1. The van der Waals surface area contributed by atoms with Crippen LogP contribution >= 0.6 is 34.8 Å². The molecule has 11 rings (SSSR count). The van der Waals surface area contributed by atoms with Crippen molar-refractivity contribution in [2.75, 3.05) is 77.4 Å². The van der Waals surface area contributed by atoms with Gasteiger partial charge in [-0.2, -0.15) is 0 Å². The number of aliphatic hydroxyl groups is 2. The number of hydrogen-bond acceptors (Lipinski definition) is 15. The van der Waals surface area contributed by atoms with E-state index in [2.05, 4.69) is 44.4 Å². The van der Waals surface area contributed by atoms with Gasteiger partial charge in [0, 0.05) is 64.6 Å². The van der Waals surface area contributed by atoms with Gasteiger partial charge in [-0.15, -0.1) is 0 Å². The first kappa shape index (κ1) is 76.1. The molecule has 20 nitrogen and oxygen atoms in total. The maximum absolute atomic E-state index is 12.4. The van der Waals surface area contributed by atoms with Crippen molar-refractivity contribution in [2.24, 2.45) is 17.4 Å². The normalized spacial score (nSPS) is 14.4. The number of β-amino-alcohol motifs (C(OH)–C–C–N with tert-alkyl or cyclic N) is 1.